The lowest BCUT2D eigenvalue weighted by atomic mass is 9.98. The Kier molecular flexibility index (Phi) is 3.38. The summed E-state index contributed by atoms with van der Waals surface area (Å²) in [5.74, 6) is -0.517. The quantitative estimate of drug-likeness (QED) is 0.733. The van der Waals surface area contributed by atoms with E-state index in [4.69, 9.17) is 5.26 Å². The van der Waals surface area contributed by atoms with Crippen molar-refractivity contribution < 1.29 is 9.18 Å². The number of hydrogen-bond acceptors (Lipinski definition) is 3. The zero-order chi connectivity index (χ0) is 12.3. The largest absolute Gasteiger partial charge is 0.370 e. The third kappa shape index (κ3) is 2.28. The molecule has 1 heterocycles. The van der Waals surface area contributed by atoms with Crippen molar-refractivity contribution in [2.24, 2.45) is 5.92 Å². The van der Waals surface area contributed by atoms with Crippen LogP contribution in [0.3, 0.4) is 0 Å². The van der Waals surface area contributed by atoms with Gasteiger partial charge in [-0.15, -0.1) is 0 Å². The molecule has 2 rings (SSSR count). The molecule has 1 aromatic rings. The van der Waals surface area contributed by atoms with Crippen LogP contribution in [-0.4, -0.2) is 19.4 Å². The number of benzene rings is 1. The van der Waals surface area contributed by atoms with Gasteiger partial charge in [0.15, 0.2) is 0 Å². The molecule has 1 unspecified atom stereocenters. The summed E-state index contributed by atoms with van der Waals surface area (Å²) < 4.78 is 13.5. The number of anilines is 1. The van der Waals surface area contributed by atoms with Crippen LogP contribution in [0, 0.1) is 23.1 Å². The van der Waals surface area contributed by atoms with Crippen molar-refractivity contribution >= 4 is 12.0 Å². The summed E-state index contributed by atoms with van der Waals surface area (Å²) in [7, 11) is 0. The molecule has 88 valence electrons. The Labute approximate surface area is 99.5 Å². The minimum absolute atomic E-state index is 0.0152. The van der Waals surface area contributed by atoms with Crippen molar-refractivity contribution in [3.8, 4) is 6.07 Å². The van der Waals surface area contributed by atoms with Crippen LogP contribution in [0.5, 0.6) is 0 Å². The fraction of sp³-hybridized carbons (Fsp3) is 0.385. The van der Waals surface area contributed by atoms with Crippen molar-refractivity contribution in [3.05, 3.63) is 29.6 Å². The van der Waals surface area contributed by atoms with Crippen molar-refractivity contribution in [1.29, 1.82) is 5.26 Å². The van der Waals surface area contributed by atoms with E-state index < -0.39 is 5.82 Å². The molecule has 0 saturated carbocycles. The Bertz CT molecular complexity index is 467. The molecule has 0 aliphatic carbocycles. The summed E-state index contributed by atoms with van der Waals surface area (Å²) in [5, 5.41) is 8.97. The monoisotopic (exact) mass is 232 g/mol. The maximum atomic E-state index is 13.5. The van der Waals surface area contributed by atoms with Crippen molar-refractivity contribution in [3.63, 3.8) is 0 Å². The lowest BCUT2D eigenvalue weighted by Crippen LogP contribution is -2.36. The SMILES string of the molecule is N#Cc1c(F)cccc1N1CCCC(C=O)C1. The predicted octanol–water partition coefficient (Wildman–Crippen LogP) is 2.11. The van der Waals surface area contributed by atoms with Gasteiger partial charge < -0.3 is 9.69 Å². The van der Waals surface area contributed by atoms with Gasteiger partial charge in [0.05, 0.1) is 5.69 Å². The van der Waals surface area contributed by atoms with Crippen molar-refractivity contribution in [2.75, 3.05) is 18.0 Å². The minimum atomic E-state index is -0.502. The van der Waals surface area contributed by atoms with E-state index in [1.807, 2.05) is 11.0 Å². The number of aldehydes is 1. The zero-order valence-electron chi connectivity index (χ0n) is 9.40. The van der Waals surface area contributed by atoms with Gasteiger partial charge in [-0.1, -0.05) is 6.07 Å². The summed E-state index contributed by atoms with van der Waals surface area (Å²) >= 11 is 0. The minimum Gasteiger partial charge on any atom is -0.370 e. The summed E-state index contributed by atoms with van der Waals surface area (Å²) in [6.45, 7) is 1.34. The number of piperidine rings is 1. The number of rotatable bonds is 2. The van der Waals surface area contributed by atoms with E-state index in [-0.39, 0.29) is 11.5 Å². The van der Waals surface area contributed by atoms with Gasteiger partial charge in [0.2, 0.25) is 0 Å². The van der Waals surface area contributed by atoms with E-state index in [0.717, 1.165) is 25.7 Å². The van der Waals surface area contributed by atoms with Crippen LogP contribution in [-0.2, 0) is 4.79 Å². The first-order chi connectivity index (χ1) is 8.26. The Morgan fingerprint density at radius 2 is 2.35 bits per heavy atom. The molecule has 0 spiro atoms. The number of hydrogen-bond donors (Lipinski definition) is 0. The predicted molar refractivity (Wildman–Crippen MR) is 62.1 cm³/mol. The molecular formula is C13H13FN2O. The molecular weight excluding hydrogens is 219 g/mol. The molecule has 0 N–H and O–H groups in total. The maximum absolute atomic E-state index is 13.5. The van der Waals surface area contributed by atoms with E-state index in [1.165, 1.54) is 6.07 Å². The number of nitriles is 1. The molecule has 4 heteroatoms. The number of carbonyl (C=O) groups is 1. The van der Waals surface area contributed by atoms with Crippen LogP contribution in [0.1, 0.15) is 18.4 Å². The Morgan fingerprint density at radius 3 is 3.06 bits per heavy atom. The molecule has 1 fully saturated rings. The van der Waals surface area contributed by atoms with Gasteiger partial charge in [-0.3, -0.25) is 0 Å². The van der Waals surface area contributed by atoms with Gasteiger partial charge in [0, 0.05) is 19.0 Å². The number of nitrogens with zero attached hydrogens (tertiary/aromatic N) is 2. The molecule has 0 radical (unpaired) electrons. The average molecular weight is 232 g/mol. The zero-order valence-corrected chi connectivity index (χ0v) is 9.40. The third-order valence-electron chi connectivity index (χ3n) is 3.09. The average Bonchev–Trinajstić information content (AvgIpc) is 2.38. The maximum Gasteiger partial charge on any atom is 0.143 e. The van der Waals surface area contributed by atoms with Gasteiger partial charge in [0.25, 0.3) is 0 Å². The molecule has 1 aromatic carbocycles. The van der Waals surface area contributed by atoms with Gasteiger partial charge in [-0.2, -0.15) is 5.26 Å². The molecule has 3 nitrogen and oxygen atoms in total. The fourth-order valence-corrected chi connectivity index (χ4v) is 2.23. The first-order valence-corrected chi connectivity index (χ1v) is 5.65. The summed E-state index contributed by atoms with van der Waals surface area (Å²) in [6, 6.07) is 6.49. The van der Waals surface area contributed by atoms with Crippen LogP contribution in [0.2, 0.25) is 0 Å². The second kappa shape index (κ2) is 4.96. The smallest absolute Gasteiger partial charge is 0.143 e. The molecule has 0 aromatic heterocycles. The second-order valence-electron chi connectivity index (χ2n) is 4.23. The van der Waals surface area contributed by atoms with Crippen LogP contribution in [0.25, 0.3) is 0 Å². The number of carbonyl (C=O) groups excluding carboxylic acids is 1. The van der Waals surface area contributed by atoms with E-state index in [1.54, 1.807) is 12.1 Å². The highest BCUT2D eigenvalue weighted by Crippen LogP contribution is 2.26. The summed E-state index contributed by atoms with van der Waals surface area (Å²) in [4.78, 5) is 12.7. The highest BCUT2D eigenvalue weighted by Gasteiger charge is 2.22. The van der Waals surface area contributed by atoms with Gasteiger partial charge >= 0.3 is 0 Å². The van der Waals surface area contributed by atoms with Crippen LogP contribution < -0.4 is 4.90 Å². The second-order valence-corrected chi connectivity index (χ2v) is 4.23. The van der Waals surface area contributed by atoms with E-state index in [2.05, 4.69) is 0 Å². The number of halogens is 1. The molecule has 0 bridgehead atoms. The summed E-state index contributed by atoms with van der Waals surface area (Å²) in [6.07, 6.45) is 2.71. The molecule has 17 heavy (non-hydrogen) atoms. The van der Waals surface area contributed by atoms with Crippen LogP contribution >= 0.6 is 0 Å². The van der Waals surface area contributed by atoms with Crippen LogP contribution in [0.15, 0.2) is 18.2 Å². The first kappa shape index (κ1) is 11.6. The lowest BCUT2D eigenvalue weighted by Gasteiger charge is -2.32. The lowest BCUT2D eigenvalue weighted by molar-refractivity contribution is -0.111. The van der Waals surface area contributed by atoms with Gasteiger partial charge in [0.1, 0.15) is 23.7 Å². The Balaban J connectivity index is 2.31. The highest BCUT2D eigenvalue weighted by atomic mass is 19.1. The molecule has 1 saturated heterocycles. The molecule has 1 aliphatic rings. The van der Waals surface area contributed by atoms with E-state index in [0.29, 0.717) is 12.2 Å². The van der Waals surface area contributed by atoms with E-state index >= 15 is 0 Å². The Morgan fingerprint density at radius 1 is 1.53 bits per heavy atom. The molecule has 1 aliphatic heterocycles. The normalized spacial score (nSPS) is 19.8. The molecule has 1 atom stereocenters. The topological polar surface area (TPSA) is 44.1 Å². The van der Waals surface area contributed by atoms with Crippen molar-refractivity contribution in [1.82, 2.24) is 0 Å². The van der Waals surface area contributed by atoms with Gasteiger partial charge in [-0.05, 0) is 25.0 Å². The third-order valence-corrected chi connectivity index (χ3v) is 3.09. The fourth-order valence-electron chi connectivity index (χ4n) is 2.23. The summed E-state index contributed by atoms with van der Waals surface area (Å²) in [5.41, 5.74) is 0.665. The first-order valence-electron chi connectivity index (χ1n) is 5.65. The highest BCUT2D eigenvalue weighted by molar-refractivity contribution is 5.62. The van der Waals surface area contributed by atoms with Gasteiger partial charge in [-0.25, -0.2) is 4.39 Å². The van der Waals surface area contributed by atoms with E-state index in [9.17, 15) is 9.18 Å². The van der Waals surface area contributed by atoms with Crippen molar-refractivity contribution in [2.45, 2.75) is 12.8 Å². The van der Waals surface area contributed by atoms with Crippen LogP contribution in [0.4, 0.5) is 10.1 Å². The standard InChI is InChI=1S/C13H13FN2O/c14-12-4-1-5-13(11(12)7-15)16-6-2-3-10(8-16)9-17/h1,4-5,9-10H,2-3,6,8H2. The Hall–Kier alpha value is -1.89. The molecule has 0 amide bonds.